The molecule has 0 bridgehead atoms. The number of rotatable bonds is 9. The van der Waals surface area contributed by atoms with E-state index in [0.29, 0.717) is 22.5 Å². The van der Waals surface area contributed by atoms with Crippen LogP contribution in [0.4, 0.5) is 17.2 Å². The van der Waals surface area contributed by atoms with Crippen molar-refractivity contribution in [1.82, 2.24) is 4.98 Å². The predicted octanol–water partition coefficient (Wildman–Crippen LogP) is 4.40. The average molecular weight is 580 g/mol. The van der Waals surface area contributed by atoms with E-state index in [0.717, 1.165) is 0 Å². The zero-order valence-electron chi connectivity index (χ0n) is 18.2. The van der Waals surface area contributed by atoms with Crippen molar-refractivity contribution < 1.29 is 17.9 Å². The number of carbonyl (C=O) groups excluding carboxylic acids is 1. The molecule has 3 aromatic rings. The Balaban J connectivity index is 0.00000432. The first kappa shape index (κ1) is 27.6. The lowest BCUT2D eigenvalue weighted by Crippen LogP contribution is -2.23. The number of nitriles is 1. The molecule has 0 fully saturated rings. The highest BCUT2D eigenvalue weighted by molar-refractivity contribution is 9.10. The smallest absolute Gasteiger partial charge is 0.288 e. The van der Waals surface area contributed by atoms with Crippen LogP contribution in [-0.4, -0.2) is 31.6 Å². The molecule has 0 radical (unpaired) electrons. The van der Waals surface area contributed by atoms with Gasteiger partial charge >= 0.3 is 0 Å². The first-order chi connectivity index (χ1) is 16.3. The number of carbonyl (C=O) groups is 1. The molecule has 182 valence electrons. The molecule has 35 heavy (non-hydrogen) atoms. The molecule has 0 spiro atoms. The van der Waals surface area contributed by atoms with Crippen LogP contribution in [0.3, 0.4) is 0 Å². The maximum absolute atomic E-state index is 12.9. The van der Waals surface area contributed by atoms with Gasteiger partial charge in [-0.15, -0.1) is 12.4 Å². The van der Waals surface area contributed by atoms with Gasteiger partial charge in [0.2, 0.25) is 5.71 Å². The van der Waals surface area contributed by atoms with Crippen molar-refractivity contribution in [2.24, 2.45) is 5.10 Å². The SMILES string of the molecule is CCOc1ccc(Br)cc1S(=O)(=O)Nc1ccc(N/N=C(\C#N)C(=O)Nc2ccccn2)cc1.Cl. The molecular weight excluding hydrogens is 560 g/mol. The molecule has 0 saturated heterocycles. The number of sulfonamides is 1. The third-order valence-electron chi connectivity index (χ3n) is 4.16. The summed E-state index contributed by atoms with van der Waals surface area (Å²) in [6.07, 6.45) is 1.50. The lowest BCUT2D eigenvalue weighted by atomic mass is 10.3. The number of ether oxygens (including phenoxy) is 1. The lowest BCUT2D eigenvalue weighted by molar-refractivity contribution is -0.110. The Labute approximate surface area is 217 Å². The van der Waals surface area contributed by atoms with Crippen molar-refractivity contribution in [3.8, 4) is 11.8 Å². The van der Waals surface area contributed by atoms with Gasteiger partial charge in [0.05, 0.1) is 12.3 Å². The van der Waals surface area contributed by atoms with E-state index in [-0.39, 0.29) is 28.9 Å². The zero-order chi connectivity index (χ0) is 24.6. The molecule has 3 N–H and O–H groups in total. The minimum absolute atomic E-state index is 0. The van der Waals surface area contributed by atoms with Gasteiger partial charge in [0, 0.05) is 16.4 Å². The highest BCUT2D eigenvalue weighted by Gasteiger charge is 2.20. The normalized spacial score (nSPS) is 10.9. The van der Waals surface area contributed by atoms with E-state index in [1.165, 1.54) is 36.5 Å². The van der Waals surface area contributed by atoms with E-state index in [1.807, 2.05) is 0 Å². The summed E-state index contributed by atoms with van der Waals surface area (Å²) in [5, 5.41) is 15.5. The minimum atomic E-state index is -3.93. The molecule has 0 atom stereocenters. The second kappa shape index (κ2) is 12.7. The lowest BCUT2D eigenvalue weighted by Gasteiger charge is -2.13. The van der Waals surface area contributed by atoms with Crippen LogP contribution in [0.1, 0.15) is 6.92 Å². The predicted molar refractivity (Wildman–Crippen MR) is 139 cm³/mol. The Morgan fingerprint density at radius 1 is 1.14 bits per heavy atom. The van der Waals surface area contributed by atoms with Crippen molar-refractivity contribution in [3.05, 3.63) is 71.3 Å². The summed E-state index contributed by atoms with van der Waals surface area (Å²) in [4.78, 5) is 16.1. The summed E-state index contributed by atoms with van der Waals surface area (Å²) in [6, 6.07) is 17.5. The number of halogens is 2. The molecule has 0 aliphatic carbocycles. The topological polar surface area (TPSA) is 146 Å². The fraction of sp³-hybridized carbons (Fsp3) is 0.0909. The maximum Gasteiger partial charge on any atom is 0.288 e. The van der Waals surface area contributed by atoms with Crippen LogP contribution in [0, 0.1) is 11.3 Å². The van der Waals surface area contributed by atoms with Crippen molar-refractivity contribution in [1.29, 1.82) is 5.26 Å². The van der Waals surface area contributed by atoms with Crippen molar-refractivity contribution in [2.75, 3.05) is 22.1 Å². The molecule has 0 saturated carbocycles. The Bertz CT molecular complexity index is 1350. The van der Waals surface area contributed by atoms with Crippen molar-refractivity contribution in [3.63, 3.8) is 0 Å². The van der Waals surface area contributed by atoms with Crippen molar-refractivity contribution in [2.45, 2.75) is 11.8 Å². The number of pyridine rings is 1. The summed E-state index contributed by atoms with van der Waals surface area (Å²) in [5.74, 6) is -0.207. The summed E-state index contributed by atoms with van der Waals surface area (Å²) in [7, 11) is -3.93. The molecule has 1 aromatic heterocycles. The Kier molecular flexibility index (Phi) is 10.0. The van der Waals surface area contributed by atoms with Crippen LogP contribution in [-0.2, 0) is 14.8 Å². The van der Waals surface area contributed by atoms with Gasteiger partial charge in [-0.3, -0.25) is 14.9 Å². The number of hydrogen-bond acceptors (Lipinski definition) is 8. The molecule has 2 aromatic carbocycles. The van der Waals surface area contributed by atoms with Gasteiger partial charge in [0.25, 0.3) is 15.9 Å². The second-order valence-corrected chi connectivity index (χ2v) is 9.13. The highest BCUT2D eigenvalue weighted by Crippen LogP contribution is 2.29. The summed E-state index contributed by atoms with van der Waals surface area (Å²) in [6.45, 7) is 2.08. The monoisotopic (exact) mass is 578 g/mol. The number of anilines is 3. The molecule has 0 aliphatic heterocycles. The summed E-state index contributed by atoms with van der Waals surface area (Å²) < 4.78 is 34.3. The third-order valence-corrected chi connectivity index (χ3v) is 6.05. The first-order valence-corrected chi connectivity index (χ1v) is 12.1. The quantitative estimate of drug-likeness (QED) is 0.252. The van der Waals surface area contributed by atoms with Crippen LogP contribution in [0.15, 0.2) is 81.3 Å². The van der Waals surface area contributed by atoms with Crippen LogP contribution < -0.4 is 20.2 Å². The van der Waals surface area contributed by atoms with Gasteiger partial charge in [-0.2, -0.15) is 10.4 Å². The van der Waals surface area contributed by atoms with E-state index in [4.69, 9.17) is 4.74 Å². The van der Waals surface area contributed by atoms with Gasteiger partial charge < -0.3 is 10.1 Å². The summed E-state index contributed by atoms with van der Waals surface area (Å²) in [5.41, 5.74) is 2.92. The number of nitrogens with one attached hydrogen (secondary N) is 3. The molecule has 3 rings (SSSR count). The number of hydrogen-bond donors (Lipinski definition) is 3. The van der Waals surface area contributed by atoms with E-state index in [2.05, 4.69) is 41.5 Å². The molecular formula is C22H20BrClN6O4S. The van der Waals surface area contributed by atoms with Crippen LogP contribution in [0.5, 0.6) is 5.75 Å². The number of benzene rings is 2. The number of aromatic nitrogens is 1. The number of nitrogens with zero attached hydrogens (tertiary/aromatic N) is 3. The van der Waals surface area contributed by atoms with Gasteiger partial charge in [-0.25, -0.2) is 13.4 Å². The molecule has 10 nitrogen and oxygen atoms in total. The van der Waals surface area contributed by atoms with Gasteiger partial charge in [-0.05, 0) is 61.5 Å². The molecule has 0 aliphatic rings. The zero-order valence-corrected chi connectivity index (χ0v) is 21.4. The van der Waals surface area contributed by atoms with Gasteiger partial charge in [0.1, 0.15) is 22.5 Å². The minimum Gasteiger partial charge on any atom is -0.492 e. The Morgan fingerprint density at radius 3 is 2.49 bits per heavy atom. The first-order valence-electron chi connectivity index (χ1n) is 9.84. The molecule has 1 amide bonds. The maximum atomic E-state index is 12.9. The Hall–Kier alpha value is -3.66. The summed E-state index contributed by atoms with van der Waals surface area (Å²) >= 11 is 3.27. The standard InChI is InChI=1S/C22H19BrN6O4S.ClH/c1-2-33-19-11-6-15(23)13-20(19)34(31,32)29-17-9-7-16(8-10-17)27-28-18(14-24)22(30)26-21-5-3-4-12-25-21;/h3-13,27,29H,2H2,1H3,(H,25,26,30);1H/b28-18+;. The second-order valence-electron chi connectivity index (χ2n) is 6.56. The third kappa shape index (κ3) is 7.68. The van der Waals surface area contributed by atoms with Gasteiger partial charge in [-0.1, -0.05) is 22.0 Å². The van der Waals surface area contributed by atoms with Crippen LogP contribution in [0.2, 0.25) is 0 Å². The van der Waals surface area contributed by atoms with E-state index < -0.39 is 21.6 Å². The number of amides is 1. The molecule has 13 heteroatoms. The van der Waals surface area contributed by atoms with E-state index in [1.54, 1.807) is 43.3 Å². The van der Waals surface area contributed by atoms with Crippen molar-refractivity contribution >= 4 is 67.2 Å². The van der Waals surface area contributed by atoms with Crippen LogP contribution >= 0.6 is 28.3 Å². The van der Waals surface area contributed by atoms with E-state index in [9.17, 15) is 18.5 Å². The molecule has 0 unspecified atom stereocenters. The number of hydrazone groups is 1. The van der Waals surface area contributed by atoms with E-state index >= 15 is 0 Å². The Morgan fingerprint density at radius 2 is 1.86 bits per heavy atom. The largest absolute Gasteiger partial charge is 0.492 e. The average Bonchev–Trinajstić information content (AvgIpc) is 2.82. The van der Waals surface area contributed by atoms with Gasteiger partial charge in [0.15, 0.2) is 0 Å². The highest BCUT2D eigenvalue weighted by atomic mass is 79.9. The molecule has 1 heterocycles. The fourth-order valence-electron chi connectivity index (χ4n) is 2.65. The fourth-order valence-corrected chi connectivity index (χ4v) is 4.39. The van der Waals surface area contributed by atoms with Crippen LogP contribution in [0.25, 0.3) is 0 Å².